The number of hydrogen-bond acceptors (Lipinski definition) is 5. The van der Waals surface area contributed by atoms with E-state index >= 15 is 0 Å². The molecule has 5 rings (SSSR count). The van der Waals surface area contributed by atoms with Crippen LogP contribution in [0.5, 0.6) is 0 Å². The molecule has 21 heavy (non-hydrogen) atoms. The minimum Gasteiger partial charge on any atom is -0.334 e. The molecule has 2 aliphatic heterocycles. The number of aromatic nitrogens is 2. The van der Waals surface area contributed by atoms with Crippen molar-refractivity contribution >= 4 is 6.01 Å². The van der Waals surface area contributed by atoms with Crippen LogP contribution in [0.3, 0.4) is 0 Å². The van der Waals surface area contributed by atoms with Gasteiger partial charge in [0.05, 0.1) is 0 Å². The van der Waals surface area contributed by atoms with E-state index in [9.17, 15) is 0 Å². The second-order valence-electron chi connectivity index (χ2n) is 6.25. The van der Waals surface area contributed by atoms with Gasteiger partial charge in [-0.05, 0) is 30.7 Å². The Labute approximate surface area is 124 Å². The average Bonchev–Trinajstić information content (AvgIpc) is 2.91. The molecule has 1 saturated carbocycles. The van der Waals surface area contributed by atoms with Crippen molar-refractivity contribution in [1.82, 2.24) is 15.0 Å². The Bertz CT molecular complexity index is 600. The fourth-order valence-corrected chi connectivity index (χ4v) is 3.69. The van der Waals surface area contributed by atoms with Crippen LogP contribution in [0.4, 0.5) is 6.01 Å². The smallest absolute Gasteiger partial charge is 0.321 e. The molecule has 2 bridgehead atoms. The summed E-state index contributed by atoms with van der Waals surface area (Å²) in [6.45, 7) is 5.20. The molecule has 110 valence electrons. The molecule has 3 aliphatic rings. The van der Waals surface area contributed by atoms with Gasteiger partial charge in [0.1, 0.15) is 0 Å². The van der Waals surface area contributed by atoms with Gasteiger partial charge < -0.3 is 9.84 Å². The first-order valence-electron chi connectivity index (χ1n) is 7.61. The Morgan fingerprint density at radius 1 is 1.24 bits per heavy atom. The van der Waals surface area contributed by atoms with E-state index in [4.69, 9.17) is 4.52 Å². The number of nitrogens with one attached hydrogen (secondary N) is 1. The summed E-state index contributed by atoms with van der Waals surface area (Å²) in [4.78, 5) is 6.80. The molecule has 5 nitrogen and oxygen atoms in total. The van der Waals surface area contributed by atoms with E-state index in [2.05, 4.69) is 50.7 Å². The largest absolute Gasteiger partial charge is 0.334 e. The molecule has 0 amide bonds. The summed E-state index contributed by atoms with van der Waals surface area (Å²) in [6, 6.07) is 11.8. The van der Waals surface area contributed by atoms with Crippen molar-refractivity contribution in [2.45, 2.75) is 25.9 Å². The number of hydrogen-bond donors (Lipinski definition) is 1. The van der Waals surface area contributed by atoms with Crippen LogP contribution in [0.25, 0.3) is 0 Å². The van der Waals surface area contributed by atoms with E-state index in [1.165, 1.54) is 12.0 Å². The third kappa shape index (κ3) is 2.53. The average molecular weight is 284 g/mol. The maximum absolute atomic E-state index is 5.17. The van der Waals surface area contributed by atoms with Crippen molar-refractivity contribution in [2.75, 3.05) is 18.4 Å². The van der Waals surface area contributed by atoms with E-state index in [0.717, 1.165) is 19.6 Å². The Morgan fingerprint density at radius 2 is 2.00 bits per heavy atom. The van der Waals surface area contributed by atoms with Crippen LogP contribution in [-0.4, -0.2) is 34.2 Å². The molecule has 1 aliphatic carbocycles. The van der Waals surface area contributed by atoms with Gasteiger partial charge >= 0.3 is 6.01 Å². The lowest BCUT2D eigenvalue weighted by molar-refractivity contribution is 0.00639. The molecule has 0 radical (unpaired) electrons. The summed E-state index contributed by atoms with van der Waals surface area (Å²) < 4.78 is 5.17. The molecule has 1 aromatic carbocycles. The van der Waals surface area contributed by atoms with Crippen LogP contribution >= 0.6 is 0 Å². The summed E-state index contributed by atoms with van der Waals surface area (Å²) in [5.74, 6) is 2.08. The minimum absolute atomic E-state index is 0.497. The van der Waals surface area contributed by atoms with E-state index in [1.807, 2.05) is 6.92 Å². The number of nitrogens with zero attached hydrogens (tertiary/aromatic N) is 3. The number of aryl methyl sites for hydroxylation is 1. The molecule has 2 aromatic rings. The number of rotatable bonds is 4. The van der Waals surface area contributed by atoms with Crippen molar-refractivity contribution in [2.24, 2.45) is 11.8 Å². The zero-order valence-electron chi connectivity index (χ0n) is 12.2. The summed E-state index contributed by atoms with van der Waals surface area (Å²) >= 11 is 0. The monoisotopic (exact) mass is 284 g/mol. The quantitative estimate of drug-likeness (QED) is 0.933. The number of anilines is 1. The molecule has 0 spiro atoms. The highest BCUT2D eigenvalue weighted by Crippen LogP contribution is 2.42. The van der Waals surface area contributed by atoms with E-state index in [0.29, 0.717) is 29.7 Å². The molecule has 2 unspecified atom stereocenters. The fourth-order valence-electron chi connectivity index (χ4n) is 3.69. The Morgan fingerprint density at radius 3 is 2.67 bits per heavy atom. The lowest BCUT2D eigenvalue weighted by atomic mass is 9.66. The van der Waals surface area contributed by atoms with E-state index < -0.39 is 0 Å². The molecule has 3 fully saturated rings. The highest BCUT2D eigenvalue weighted by atomic mass is 16.5. The molecule has 2 saturated heterocycles. The van der Waals surface area contributed by atoms with Crippen molar-refractivity contribution in [3.05, 3.63) is 41.7 Å². The number of fused-ring (bicyclic) bond motifs is 2. The molecular weight excluding hydrogens is 264 g/mol. The predicted octanol–water partition coefficient (Wildman–Crippen LogP) is 2.31. The van der Waals surface area contributed by atoms with Gasteiger partial charge in [0.25, 0.3) is 0 Å². The molecule has 5 heteroatoms. The molecular formula is C16H20N4O. The molecule has 1 aromatic heterocycles. The zero-order chi connectivity index (χ0) is 14.2. The maximum atomic E-state index is 5.17. The van der Waals surface area contributed by atoms with E-state index in [1.54, 1.807) is 0 Å². The van der Waals surface area contributed by atoms with Gasteiger partial charge in [-0.3, -0.25) is 4.90 Å². The highest BCUT2D eigenvalue weighted by molar-refractivity contribution is 5.25. The Hall–Kier alpha value is -1.88. The maximum Gasteiger partial charge on any atom is 0.321 e. The van der Waals surface area contributed by atoms with Gasteiger partial charge in [0, 0.05) is 25.7 Å². The summed E-state index contributed by atoms with van der Waals surface area (Å²) in [5, 5.41) is 7.25. The van der Waals surface area contributed by atoms with Crippen molar-refractivity contribution in [3.8, 4) is 0 Å². The molecule has 2 atom stereocenters. The first kappa shape index (κ1) is 12.8. The van der Waals surface area contributed by atoms with Gasteiger partial charge in [-0.2, -0.15) is 4.98 Å². The molecule has 1 N–H and O–H groups in total. The highest BCUT2D eigenvalue weighted by Gasteiger charge is 2.47. The van der Waals surface area contributed by atoms with E-state index in [-0.39, 0.29) is 0 Å². The van der Waals surface area contributed by atoms with Gasteiger partial charge in [0.2, 0.25) is 0 Å². The van der Waals surface area contributed by atoms with Crippen LogP contribution in [0, 0.1) is 18.8 Å². The van der Waals surface area contributed by atoms with Crippen LogP contribution in [0.15, 0.2) is 34.9 Å². The second-order valence-corrected chi connectivity index (χ2v) is 6.25. The first-order chi connectivity index (χ1) is 10.3. The third-order valence-corrected chi connectivity index (χ3v) is 4.67. The van der Waals surface area contributed by atoms with Gasteiger partial charge in [-0.25, -0.2) is 0 Å². The summed E-state index contributed by atoms with van der Waals surface area (Å²) in [7, 11) is 0. The Kier molecular flexibility index (Phi) is 3.15. The summed E-state index contributed by atoms with van der Waals surface area (Å²) in [5.41, 5.74) is 1.40. The van der Waals surface area contributed by atoms with Crippen LogP contribution in [0.2, 0.25) is 0 Å². The van der Waals surface area contributed by atoms with Crippen LogP contribution in [-0.2, 0) is 6.54 Å². The summed E-state index contributed by atoms with van der Waals surface area (Å²) in [6.07, 6.45) is 1.32. The van der Waals surface area contributed by atoms with Crippen molar-refractivity contribution in [1.29, 1.82) is 0 Å². The lowest BCUT2D eigenvalue weighted by Crippen LogP contribution is -2.60. The fraction of sp³-hybridized carbons (Fsp3) is 0.500. The minimum atomic E-state index is 0.497. The second kappa shape index (κ2) is 5.15. The van der Waals surface area contributed by atoms with Crippen LogP contribution < -0.4 is 5.32 Å². The zero-order valence-corrected chi connectivity index (χ0v) is 12.2. The van der Waals surface area contributed by atoms with Crippen molar-refractivity contribution in [3.63, 3.8) is 0 Å². The standard InChI is InChI=1S/C16H20N4O/c1-11-17-16(21-19-11)18-15-13-7-14(15)10-20(9-13)8-12-5-3-2-4-6-12/h2-6,13-15H,7-10H2,1H3,(H,17,18,19). The third-order valence-electron chi connectivity index (χ3n) is 4.67. The van der Waals surface area contributed by atoms with Crippen molar-refractivity contribution < 1.29 is 4.52 Å². The first-order valence-corrected chi connectivity index (χ1v) is 7.61. The molecule has 3 heterocycles. The number of piperidine rings is 2. The van der Waals surface area contributed by atoms with Gasteiger partial charge in [-0.1, -0.05) is 35.5 Å². The lowest BCUT2D eigenvalue weighted by Gasteiger charge is -2.53. The topological polar surface area (TPSA) is 54.2 Å². The van der Waals surface area contributed by atoms with Crippen LogP contribution in [0.1, 0.15) is 17.8 Å². The van der Waals surface area contributed by atoms with Gasteiger partial charge in [0.15, 0.2) is 5.82 Å². The predicted molar refractivity (Wildman–Crippen MR) is 79.8 cm³/mol. The SMILES string of the molecule is Cc1noc(NC2C3CC2CN(Cc2ccccc2)C3)n1. The number of benzene rings is 1. The normalized spacial score (nSPS) is 28.1. The Balaban J connectivity index is 1.35. The van der Waals surface area contributed by atoms with Gasteiger partial charge in [-0.15, -0.1) is 0 Å².